The van der Waals surface area contributed by atoms with Crippen LogP contribution < -0.4 is 5.48 Å². The molecule has 7 heteroatoms. The van der Waals surface area contributed by atoms with E-state index in [1.165, 1.54) is 0 Å². The molecule has 4 aliphatic carbocycles. The second-order valence-corrected chi connectivity index (χ2v) is 9.81. The SMILES string of the molecule is C[C@]12C[C@H](O)[C@H]3[C@@H](CCC4=CC(=O)CC(NO)[C@@]43C)[C@@H]1CC[C@]2(O)C(=O)CO. The summed E-state index contributed by atoms with van der Waals surface area (Å²) in [5.74, 6) is -0.646. The normalized spacial score (nSPS) is 50.4. The Balaban J connectivity index is 1.77. The minimum Gasteiger partial charge on any atom is -0.393 e. The maximum absolute atomic E-state index is 12.4. The summed E-state index contributed by atoms with van der Waals surface area (Å²) in [5.41, 5.74) is 0.328. The average molecular weight is 393 g/mol. The van der Waals surface area contributed by atoms with E-state index in [9.17, 15) is 30.1 Å². The van der Waals surface area contributed by atoms with Gasteiger partial charge in [-0.3, -0.25) is 9.59 Å². The molecule has 1 unspecified atom stereocenters. The second kappa shape index (κ2) is 6.44. The first kappa shape index (κ1) is 20.2. The van der Waals surface area contributed by atoms with Gasteiger partial charge in [0.2, 0.25) is 0 Å². The van der Waals surface area contributed by atoms with E-state index in [1.807, 2.05) is 13.8 Å². The smallest absolute Gasteiger partial charge is 0.190 e. The molecule has 0 heterocycles. The van der Waals surface area contributed by atoms with Gasteiger partial charge in [-0.15, -0.1) is 0 Å². The van der Waals surface area contributed by atoms with Gasteiger partial charge in [0.1, 0.15) is 12.2 Å². The van der Waals surface area contributed by atoms with Crippen LogP contribution in [0.1, 0.15) is 52.4 Å². The van der Waals surface area contributed by atoms with Gasteiger partial charge in [-0.05, 0) is 55.9 Å². The van der Waals surface area contributed by atoms with Gasteiger partial charge in [0.05, 0.1) is 6.10 Å². The molecule has 0 radical (unpaired) electrons. The van der Waals surface area contributed by atoms with Crippen LogP contribution in [0.15, 0.2) is 11.6 Å². The van der Waals surface area contributed by atoms with E-state index in [1.54, 1.807) is 6.08 Å². The van der Waals surface area contributed by atoms with Crippen LogP contribution >= 0.6 is 0 Å². The van der Waals surface area contributed by atoms with Gasteiger partial charge < -0.3 is 20.5 Å². The van der Waals surface area contributed by atoms with Crippen molar-refractivity contribution in [1.29, 1.82) is 0 Å². The van der Waals surface area contributed by atoms with Crippen molar-refractivity contribution in [2.75, 3.05) is 6.61 Å². The van der Waals surface area contributed by atoms with Gasteiger partial charge >= 0.3 is 0 Å². The lowest BCUT2D eigenvalue weighted by Crippen LogP contribution is -2.65. The molecule has 8 atom stereocenters. The molecule has 7 nitrogen and oxygen atoms in total. The zero-order chi connectivity index (χ0) is 20.5. The summed E-state index contributed by atoms with van der Waals surface area (Å²) in [7, 11) is 0. The molecule has 4 aliphatic rings. The summed E-state index contributed by atoms with van der Waals surface area (Å²) in [6, 6.07) is -0.467. The Morgan fingerprint density at radius 2 is 2.04 bits per heavy atom. The number of ketones is 2. The number of carbonyl (C=O) groups excluding carboxylic acids is 2. The fraction of sp³-hybridized carbons (Fsp3) is 0.810. The quantitative estimate of drug-likeness (QED) is 0.448. The molecule has 0 bridgehead atoms. The monoisotopic (exact) mass is 393 g/mol. The largest absolute Gasteiger partial charge is 0.393 e. The average Bonchev–Trinajstić information content (AvgIpc) is 2.92. The van der Waals surface area contributed by atoms with E-state index >= 15 is 0 Å². The summed E-state index contributed by atoms with van der Waals surface area (Å²) in [5, 5.41) is 41.7. The number of Topliss-reactive ketones (excluding diaryl/α,β-unsaturated/α-hetero) is 1. The Hall–Kier alpha value is -1.12. The number of aliphatic hydroxyl groups excluding tert-OH is 2. The minimum absolute atomic E-state index is 0.0172. The first-order valence-corrected chi connectivity index (χ1v) is 10.3. The summed E-state index contributed by atoms with van der Waals surface area (Å²) in [4.78, 5) is 24.5. The highest BCUT2D eigenvalue weighted by molar-refractivity contribution is 5.92. The molecule has 5 N–H and O–H groups in total. The third-order valence-corrected chi connectivity index (χ3v) is 8.96. The van der Waals surface area contributed by atoms with Crippen LogP contribution in [-0.4, -0.2) is 56.4 Å². The standard InChI is InChI=1S/C21H31NO6/c1-19-9-15(25)18-13(14(19)5-6-21(19,27)17(26)10-23)4-3-11-7-12(24)8-16(22-28)20(11,18)2/h7,13-16,18,22-23,25,27-28H,3-6,8-10H2,1-2H3/t13-,14-,15-,16?,18+,19-,20+,21-/m0/s1. The topological polar surface area (TPSA) is 127 Å². The van der Waals surface area contributed by atoms with Crippen molar-refractivity contribution < 1.29 is 30.1 Å². The Morgan fingerprint density at radius 1 is 1.32 bits per heavy atom. The first-order valence-electron chi connectivity index (χ1n) is 10.3. The van der Waals surface area contributed by atoms with Crippen LogP contribution in [-0.2, 0) is 9.59 Å². The van der Waals surface area contributed by atoms with Crippen LogP contribution in [0.5, 0.6) is 0 Å². The van der Waals surface area contributed by atoms with E-state index in [0.717, 1.165) is 12.0 Å². The summed E-state index contributed by atoms with van der Waals surface area (Å²) in [6.45, 7) is 3.19. The highest BCUT2D eigenvalue weighted by atomic mass is 16.5. The van der Waals surface area contributed by atoms with Gasteiger partial charge in [0, 0.05) is 23.3 Å². The number of aliphatic hydroxyl groups is 3. The van der Waals surface area contributed by atoms with Crippen LogP contribution in [0.2, 0.25) is 0 Å². The zero-order valence-electron chi connectivity index (χ0n) is 16.5. The van der Waals surface area contributed by atoms with Gasteiger partial charge in [0.25, 0.3) is 0 Å². The number of carbonyl (C=O) groups is 2. The Kier molecular flexibility index (Phi) is 4.64. The lowest BCUT2D eigenvalue weighted by atomic mass is 9.44. The Bertz CT molecular complexity index is 736. The number of hydrogen-bond donors (Lipinski definition) is 5. The molecular weight excluding hydrogens is 362 g/mol. The molecule has 0 aliphatic heterocycles. The van der Waals surface area contributed by atoms with Crippen molar-refractivity contribution in [3.63, 3.8) is 0 Å². The first-order chi connectivity index (χ1) is 13.1. The molecule has 0 spiro atoms. The Morgan fingerprint density at radius 3 is 2.68 bits per heavy atom. The molecule has 0 saturated heterocycles. The number of hydrogen-bond acceptors (Lipinski definition) is 7. The molecule has 0 aromatic carbocycles. The van der Waals surface area contributed by atoms with Crippen molar-refractivity contribution >= 4 is 11.6 Å². The molecule has 0 aromatic rings. The number of rotatable bonds is 3. The predicted molar refractivity (Wildman–Crippen MR) is 99.2 cm³/mol. The second-order valence-electron chi connectivity index (χ2n) is 9.81. The molecule has 28 heavy (non-hydrogen) atoms. The van der Waals surface area contributed by atoms with E-state index in [2.05, 4.69) is 5.48 Å². The van der Waals surface area contributed by atoms with Gasteiger partial charge in [-0.2, -0.15) is 0 Å². The fourth-order valence-electron chi connectivity index (χ4n) is 7.53. The molecule has 3 fully saturated rings. The zero-order valence-corrected chi connectivity index (χ0v) is 16.5. The summed E-state index contributed by atoms with van der Waals surface area (Å²) in [6.07, 6.45) is 3.79. The fourth-order valence-corrected chi connectivity index (χ4v) is 7.53. The molecule has 0 aromatic heterocycles. The van der Waals surface area contributed by atoms with E-state index in [-0.39, 0.29) is 36.4 Å². The highest BCUT2D eigenvalue weighted by Crippen LogP contribution is 2.67. The predicted octanol–water partition coefficient (Wildman–Crippen LogP) is 0.739. The van der Waals surface area contributed by atoms with Gasteiger partial charge in [-0.1, -0.05) is 19.4 Å². The lowest BCUT2D eigenvalue weighted by Gasteiger charge is -2.61. The van der Waals surface area contributed by atoms with Crippen LogP contribution in [0.4, 0.5) is 0 Å². The van der Waals surface area contributed by atoms with E-state index < -0.39 is 41.0 Å². The van der Waals surface area contributed by atoms with Crippen LogP contribution in [0, 0.1) is 28.6 Å². The van der Waals surface area contributed by atoms with Crippen molar-refractivity contribution in [2.45, 2.75) is 70.1 Å². The van der Waals surface area contributed by atoms with Crippen molar-refractivity contribution in [1.82, 2.24) is 5.48 Å². The maximum Gasteiger partial charge on any atom is 0.190 e. The third kappa shape index (κ3) is 2.34. The molecule has 0 amide bonds. The molecule has 3 saturated carbocycles. The Labute approximate surface area is 164 Å². The third-order valence-electron chi connectivity index (χ3n) is 8.96. The number of nitrogens with one attached hydrogen (secondary N) is 1. The number of hydroxylamine groups is 1. The van der Waals surface area contributed by atoms with Crippen LogP contribution in [0.25, 0.3) is 0 Å². The molecular formula is C21H31NO6. The molecule has 156 valence electrons. The van der Waals surface area contributed by atoms with E-state index in [0.29, 0.717) is 19.3 Å². The number of fused-ring (bicyclic) bond motifs is 5. The van der Waals surface area contributed by atoms with Crippen LogP contribution in [0.3, 0.4) is 0 Å². The lowest BCUT2D eigenvalue weighted by molar-refractivity contribution is -0.186. The van der Waals surface area contributed by atoms with Crippen molar-refractivity contribution in [2.24, 2.45) is 28.6 Å². The summed E-state index contributed by atoms with van der Waals surface area (Å²) >= 11 is 0. The van der Waals surface area contributed by atoms with Crippen molar-refractivity contribution in [3.05, 3.63) is 11.6 Å². The van der Waals surface area contributed by atoms with Gasteiger partial charge in [-0.25, -0.2) is 5.48 Å². The maximum atomic E-state index is 12.4. The minimum atomic E-state index is -1.62. The molecule has 4 rings (SSSR count). The van der Waals surface area contributed by atoms with Gasteiger partial charge in [0.15, 0.2) is 11.6 Å². The highest BCUT2D eigenvalue weighted by Gasteiger charge is 2.69. The van der Waals surface area contributed by atoms with Crippen molar-refractivity contribution in [3.8, 4) is 0 Å². The summed E-state index contributed by atoms with van der Waals surface area (Å²) < 4.78 is 0. The van der Waals surface area contributed by atoms with E-state index in [4.69, 9.17) is 0 Å².